The Kier molecular flexibility index (Phi) is 6.69. The van der Waals surface area contributed by atoms with Gasteiger partial charge in [-0.05, 0) is 18.6 Å². The summed E-state index contributed by atoms with van der Waals surface area (Å²) in [6, 6.07) is 2.71. The maximum Gasteiger partial charge on any atom is 0.254 e. The van der Waals surface area contributed by atoms with Crippen LogP contribution < -0.4 is 5.32 Å². The number of carbonyl (C=O) groups excluding carboxylic acids is 2. The molecule has 0 radical (unpaired) electrons. The van der Waals surface area contributed by atoms with Crippen LogP contribution in [0, 0.1) is 11.6 Å². The van der Waals surface area contributed by atoms with Crippen molar-refractivity contribution in [2.24, 2.45) is 0 Å². The quantitative estimate of drug-likeness (QED) is 0.795. The number of aromatic nitrogens is 1. The number of thiazole rings is 1. The molecule has 3 rings (SSSR count). The van der Waals surface area contributed by atoms with E-state index in [1.807, 2.05) is 0 Å². The van der Waals surface area contributed by atoms with Crippen LogP contribution in [-0.4, -0.2) is 59.3 Å². The third-order valence-electron chi connectivity index (χ3n) is 4.59. The van der Waals surface area contributed by atoms with Crippen LogP contribution in [-0.2, 0) is 17.8 Å². The molecule has 9 heteroatoms. The Morgan fingerprint density at radius 2 is 1.96 bits per heavy atom. The first-order valence-corrected chi connectivity index (χ1v) is 10.0. The molecule has 1 aromatic heterocycles. The normalized spacial score (nSPS) is 14.9. The molecule has 0 aliphatic carbocycles. The second-order valence-electron chi connectivity index (χ2n) is 6.55. The molecule has 1 fully saturated rings. The van der Waals surface area contributed by atoms with E-state index in [-0.39, 0.29) is 18.0 Å². The third-order valence-corrected chi connectivity index (χ3v) is 5.63. The van der Waals surface area contributed by atoms with E-state index in [1.54, 1.807) is 16.2 Å². The van der Waals surface area contributed by atoms with Crippen LogP contribution in [0.3, 0.4) is 0 Å². The highest BCUT2D eigenvalue weighted by atomic mass is 32.1. The summed E-state index contributed by atoms with van der Waals surface area (Å²) < 4.78 is 26.5. The maximum absolute atomic E-state index is 13.6. The SMILES string of the molecule is CCc1nc(CN2CCN(C(=O)CNC(=O)c3ccc(F)cc3F)CC2)cs1. The van der Waals surface area contributed by atoms with Crippen molar-refractivity contribution in [1.82, 2.24) is 20.1 Å². The first-order valence-electron chi connectivity index (χ1n) is 9.13. The van der Waals surface area contributed by atoms with Gasteiger partial charge in [0, 0.05) is 44.2 Å². The van der Waals surface area contributed by atoms with Crippen LogP contribution in [0.5, 0.6) is 0 Å². The second-order valence-corrected chi connectivity index (χ2v) is 7.49. The van der Waals surface area contributed by atoms with Crippen LogP contribution in [0.4, 0.5) is 8.78 Å². The smallest absolute Gasteiger partial charge is 0.254 e. The van der Waals surface area contributed by atoms with Crippen molar-refractivity contribution in [2.45, 2.75) is 19.9 Å². The lowest BCUT2D eigenvalue weighted by Crippen LogP contribution is -2.50. The first-order chi connectivity index (χ1) is 13.5. The fourth-order valence-corrected chi connectivity index (χ4v) is 3.74. The first kappa shape index (κ1) is 20.3. The maximum atomic E-state index is 13.6. The van der Waals surface area contributed by atoms with E-state index in [4.69, 9.17) is 0 Å². The summed E-state index contributed by atoms with van der Waals surface area (Å²) in [5, 5.41) is 5.59. The largest absolute Gasteiger partial charge is 0.343 e. The van der Waals surface area contributed by atoms with Gasteiger partial charge in [-0.2, -0.15) is 0 Å². The monoisotopic (exact) mass is 408 g/mol. The average Bonchev–Trinajstić information content (AvgIpc) is 3.14. The Morgan fingerprint density at radius 1 is 1.21 bits per heavy atom. The summed E-state index contributed by atoms with van der Waals surface area (Å²) in [5.41, 5.74) is 0.768. The molecule has 1 aliphatic heterocycles. The van der Waals surface area contributed by atoms with Gasteiger partial charge in [-0.25, -0.2) is 13.8 Å². The number of hydrogen-bond donors (Lipinski definition) is 1. The predicted molar refractivity (Wildman–Crippen MR) is 102 cm³/mol. The molecule has 28 heavy (non-hydrogen) atoms. The summed E-state index contributed by atoms with van der Waals surface area (Å²) >= 11 is 1.66. The van der Waals surface area contributed by atoms with Crippen molar-refractivity contribution in [2.75, 3.05) is 32.7 Å². The van der Waals surface area contributed by atoms with E-state index in [2.05, 4.69) is 27.5 Å². The zero-order valence-corrected chi connectivity index (χ0v) is 16.4. The van der Waals surface area contributed by atoms with E-state index in [1.165, 1.54) is 0 Å². The number of carbonyl (C=O) groups is 2. The summed E-state index contributed by atoms with van der Waals surface area (Å²) in [7, 11) is 0. The minimum absolute atomic E-state index is 0.221. The molecular formula is C19H22F2N4O2S. The van der Waals surface area contributed by atoms with Gasteiger partial charge in [-0.3, -0.25) is 14.5 Å². The molecule has 1 N–H and O–H groups in total. The lowest BCUT2D eigenvalue weighted by molar-refractivity contribution is -0.131. The number of rotatable bonds is 6. The van der Waals surface area contributed by atoms with Gasteiger partial charge in [0.1, 0.15) is 11.6 Å². The van der Waals surface area contributed by atoms with Gasteiger partial charge in [0.05, 0.1) is 22.8 Å². The minimum Gasteiger partial charge on any atom is -0.343 e. The molecule has 150 valence electrons. The minimum atomic E-state index is -0.952. The Morgan fingerprint density at radius 3 is 2.61 bits per heavy atom. The molecular weight excluding hydrogens is 386 g/mol. The molecule has 0 unspecified atom stereocenters. The molecule has 1 aliphatic rings. The zero-order chi connectivity index (χ0) is 20.1. The van der Waals surface area contributed by atoms with Crippen molar-refractivity contribution in [1.29, 1.82) is 0 Å². The van der Waals surface area contributed by atoms with Crippen LogP contribution >= 0.6 is 11.3 Å². The van der Waals surface area contributed by atoms with Crippen molar-refractivity contribution >= 4 is 23.2 Å². The van der Waals surface area contributed by atoms with Crippen LogP contribution in [0.25, 0.3) is 0 Å². The molecule has 2 heterocycles. The molecule has 2 aromatic rings. The molecule has 6 nitrogen and oxygen atoms in total. The summed E-state index contributed by atoms with van der Waals surface area (Å²) in [4.78, 5) is 32.8. The Bertz CT molecular complexity index is 850. The predicted octanol–water partition coefficient (Wildman–Crippen LogP) is 2.06. The van der Waals surface area contributed by atoms with Crippen LogP contribution in [0.15, 0.2) is 23.6 Å². The summed E-state index contributed by atoms with van der Waals surface area (Å²) in [6.45, 7) is 5.20. The Balaban J connectivity index is 1.44. The van der Waals surface area contributed by atoms with Gasteiger partial charge in [0.2, 0.25) is 5.91 Å². The highest BCUT2D eigenvalue weighted by Crippen LogP contribution is 2.14. The molecule has 0 spiro atoms. The standard InChI is InChI=1S/C19H22F2N4O2S/c1-2-17-23-14(12-28-17)11-24-5-7-25(8-6-24)18(26)10-22-19(27)15-4-3-13(20)9-16(15)21/h3-4,9,12H,2,5-8,10-11H2,1H3,(H,22,27). The number of nitrogens with one attached hydrogen (secondary N) is 1. The van der Waals surface area contributed by atoms with E-state index in [9.17, 15) is 18.4 Å². The van der Waals surface area contributed by atoms with Crippen molar-refractivity contribution in [3.63, 3.8) is 0 Å². The Labute approximate surface area is 166 Å². The molecule has 0 bridgehead atoms. The number of hydrogen-bond acceptors (Lipinski definition) is 5. The number of halogens is 2. The summed E-state index contributed by atoms with van der Waals surface area (Å²) in [5.74, 6) is -2.67. The van der Waals surface area contributed by atoms with Crippen LogP contribution in [0.2, 0.25) is 0 Å². The molecule has 0 saturated carbocycles. The number of aryl methyl sites for hydroxylation is 1. The van der Waals surface area contributed by atoms with Crippen molar-refractivity contribution in [3.05, 3.63) is 51.5 Å². The van der Waals surface area contributed by atoms with E-state index >= 15 is 0 Å². The van der Waals surface area contributed by atoms with Crippen molar-refractivity contribution < 1.29 is 18.4 Å². The fraction of sp³-hybridized carbons (Fsp3) is 0.421. The average molecular weight is 408 g/mol. The lowest BCUT2D eigenvalue weighted by Gasteiger charge is -2.34. The second kappa shape index (κ2) is 9.20. The highest BCUT2D eigenvalue weighted by Gasteiger charge is 2.22. The van der Waals surface area contributed by atoms with Gasteiger partial charge in [-0.15, -0.1) is 11.3 Å². The summed E-state index contributed by atoms with van der Waals surface area (Å²) in [6.07, 6.45) is 0.931. The zero-order valence-electron chi connectivity index (χ0n) is 15.6. The van der Waals surface area contributed by atoms with Gasteiger partial charge in [0.25, 0.3) is 5.91 Å². The van der Waals surface area contributed by atoms with Crippen LogP contribution in [0.1, 0.15) is 28.0 Å². The number of amides is 2. The molecule has 1 aromatic carbocycles. The fourth-order valence-electron chi connectivity index (χ4n) is 3.00. The lowest BCUT2D eigenvalue weighted by atomic mass is 10.2. The van der Waals surface area contributed by atoms with Gasteiger partial charge < -0.3 is 10.2 Å². The topological polar surface area (TPSA) is 65.5 Å². The van der Waals surface area contributed by atoms with E-state index < -0.39 is 17.5 Å². The van der Waals surface area contributed by atoms with Gasteiger partial charge in [0.15, 0.2) is 0 Å². The van der Waals surface area contributed by atoms with E-state index in [0.717, 1.165) is 48.9 Å². The third kappa shape index (κ3) is 5.11. The molecule has 0 atom stereocenters. The van der Waals surface area contributed by atoms with Gasteiger partial charge >= 0.3 is 0 Å². The van der Waals surface area contributed by atoms with E-state index in [0.29, 0.717) is 19.2 Å². The number of benzene rings is 1. The van der Waals surface area contributed by atoms with Crippen molar-refractivity contribution in [3.8, 4) is 0 Å². The number of nitrogens with zero attached hydrogens (tertiary/aromatic N) is 3. The molecule has 2 amide bonds. The highest BCUT2D eigenvalue weighted by molar-refractivity contribution is 7.09. The number of piperazine rings is 1. The molecule has 1 saturated heterocycles. The Hall–Kier alpha value is -2.39. The van der Waals surface area contributed by atoms with Gasteiger partial charge in [-0.1, -0.05) is 6.92 Å².